The van der Waals surface area contributed by atoms with Gasteiger partial charge in [0, 0.05) is 37.9 Å². The molecule has 0 spiro atoms. The molecular weight excluding hydrogens is 458 g/mol. The average molecular weight is 488 g/mol. The Labute approximate surface area is 201 Å². The largest absolute Gasteiger partial charge is 0.370 e. The summed E-state index contributed by atoms with van der Waals surface area (Å²) in [4.78, 5) is 11.1. The van der Waals surface area contributed by atoms with Crippen LogP contribution in [0.5, 0.6) is 0 Å². The van der Waals surface area contributed by atoms with Crippen molar-refractivity contribution in [1.82, 2.24) is 9.88 Å². The Morgan fingerprint density at radius 1 is 1.24 bits per heavy atom. The van der Waals surface area contributed by atoms with Crippen molar-refractivity contribution >= 4 is 32.9 Å². The van der Waals surface area contributed by atoms with Gasteiger partial charge in [0.2, 0.25) is 0 Å². The zero-order valence-electron chi connectivity index (χ0n) is 19.1. The van der Waals surface area contributed by atoms with Crippen molar-refractivity contribution in [3.05, 3.63) is 47.1 Å². The van der Waals surface area contributed by atoms with Crippen LogP contribution < -0.4 is 9.80 Å². The summed E-state index contributed by atoms with van der Waals surface area (Å²) < 4.78 is 26.8. The SMILES string of the molecule is CCN(C[C@@H]1CCCN1C)c1ccc(S(=O)(=O)[C@H]2CCN(c3cccc(C#N)n3)C2)c(Cl)c1. The molecule has 2 aliphatic rings. The lowest BCUT2D eigenvalue weighted by molar-refractivity contribution is 0.312. The molecule has 9 heteroatoms. The van der Waals surface area contributed by atoms with Crippen molar-refractivity contribution in [3.8, 4) is 6.07 Å². The maximum absolute atomic E-state index is 13.4. The van der Waals surface area contributed by atoms with Crippen LogP contribution in [0, 0.1) is 11.3 Å². The van der Waals surface area contributed by atoms with Gasteiger partial charge in [-0.15, -0.1) is 0 Å². The van der Waals surface area contributed by atoms with Gasteiger partial charge in [-0.1, -0.05) is 17.7 Å². The Morgan fingerprint density at radius 3 is 2.73 bits per heavy atom. The molecule has 0 amide bonds. The van der Waals surface area contributed by atoms with Crippen LogP contribution in [0.15, 0.2) is 41.3 Å². The number of pyridine rings is 1. The minimum atomic E-state index is -3.60. The standard InChI is InChI=1S/C24H30ClN5O2S/c1-3-29(16-20-7-5-12-28(20)2)19-9-10-23(22(25)14-19)33(31,32)21-11-13-30(17-21)24-8-4-6-18(15-26)27-24/h4,6,8-10,14,20-21H,3,5,7,11-13,16-17H2,1-2H3/t20-,21-/m0/s1. The van der Waals surface area contributed by atoms with E-state index in [-0.39, 0.29) is 9.92 Å². The molecule has 33 heavy (non-hydrogen) atoms. The highest BCUT2D eigenvalue weighted by molar-refractivity contribution is 7.92. The fourth-order valence-electron chi connectivity index (χ4n) is 4.83. The van der Waals surface area contributed by atoms with Crippen molar-refractivity contribution in [1.29, 1.82) is 5.26 Å². The summed E-state index contributed by atoms with van der Waals surface area (Å²) in [5.41, 5.74) is 1.27. The zero-order valence-corrected chi connectivity index (χ0v) is 20.7. The summed E-state index contributed by atoms with van der Waals surface area (Å²) in [7, 11) is -1.44. The Balaban J connectivity index is 1.50. The van der Waals surface area contributed by atoms with Crippen molar-refractivity contribution in [2.24, 2.45) is 0 Å². The van der Waals surface area contributed by atoms with E-state index in [1.165, 1.54) is 12.8 Å². The molecule has 2 saturated heterocycles. The van der Waals surface area contributed by atoms with Crippen LogP contribution in [0.2, 0.25) is 5.02 Å². The molecule has 2 atom stereocenters. The van der Waals surface area contributed by atoms with E-state index in [0.29, 0.717) is 37.1 Å². The Kier molecular flexibility index (Phi) is 7.13. The molecule has 0 saturated carbocycles. The Morgan fingerprint density at radius 2 is 2.06 bits per heavy atom. The summed E-state index contributed by atoms with van der Waals surface area (Å²) in [6.07, 6.45) is 2.89. The summed E-state index contributed by atoms with van der Waals surface area (Å²) in [6, 6.07) is 13.1. The second-order valence-corrected chi connectivity index (χ2v) is 11.4. The van der Waals surface area contributed by atoms with Crippen LogP contribution in [0.4, 0.5) is 11.5 Å². The fourth-order valence-corrected chi connectivity index (χ4v) is 7.07. The lowest BCUT2D eigenvalue weighted by atomic mass is 10.2. The van der Waals surface area contributed by atoms with Gasteiger partial charge in [-0.25, -0.2) is 13.4 Å². The van der Waals surface area contributed by atoms with E-state index in [1.807, 2.05) is 17.0 Å². The van der Waals surface area contributed by atoms with E-state index >= 15 is 0 Å². The molecular formula is C24H30ClN5O2S. The van der Waals surface area contributed by atoms with Crippen molar-refractivity contribution in [3.63, 3.8) is 0 Å². The maximum Gasteiger partial charge on any atom is 0.184 e. The number of hydrogen-bond donors (Lipinski definition) is 0. The maximum atomic E-state index is 13.4. The van der Waals surface area contributed by atoms with E-state index in [4.69, 9.17) is 16.9 Å². The number of likely N-dealkylation sites (N-methyl/N-ethyl adjacent to an activating group) is 2. The Hall–Kier alpha value is -2.34. The van der Waals surface area contributed by atoms with Crippen molar-refractivity contribution in [2.45, 2.75) is 42.4 Å². The topological polar surface area (TPSA) is 80.5 Å². The molecule has 0 bridgehead atoms. The second-order valence-electron chi connectivity index (χ2n) is 8.82. The molecule has 1 aromatic carbocycles. The van der Waals surface area contributed by atoms with Gasteiger partial charge in [0.25, 0.3) is 0 Å². The van der Waals surface area contributed by atoms with E-state index in [9.17, 15) is 8.42 Å². The van der Waals surface area contributed by atoms with Crippen LogP contribution in [0.1, 0.15) is 31.9 Å². The quantitative estimate of drug-likeness (QED) is 0.590. The molecule has 1 aromatic heterocycles. The first-order valence-corrected chi connectivity index (χ1v) is 13.4. The van der Waals surface area contributed by atoms with Gasteiger partial charge in [0.1, 0.15) is 17.6 Å². The van der Waals surface area contributed by atoms with Gasteiger partial charge in [-0.3, -0.25) is 0 Å². The first-order valence-electron chi connectivity index (χ1n) is 11.4. The first kappa shape index (κ1) is 23.8. The normalized spacial score (nSPS) is 21.3. The number of benzene rings is 1. The number of nitriles is 1. The number of halogens is 1. The van der Waals surface area contributed by atoms with Crippen molar-refractivity contribution in [2.75, 3.05) is 49.6 Å². The van der Waals surface area contributed by atoms with E-state index in [1.54, 1.807) is 30.3 Å². The summed E-state index contributed by atoms with van der Waals surface area (Å²) >= 11 is 6.55. The fraction of sp³-hybridized carbons (Fsp3) is 0.500. The predicted molar refractivity (Wildman–Crippen MR) is 132 cm³/mol. The Bertz CT molecular complexity index is 1150. The minimum Gasteiger partial charge on any atom is -0.370 e. The van der Waals surface area contributed by atoms with Gasteiger partial charge < -0.3 is 14.7 Å². The molecule has 0 radical (unpaired) electrons. The van der Waals surface area contributed by atoms with E-state index in [0.717, 1.165) is 25.3 Å². The number of aromatic nitrogens is 1. The molecule has 7 nitrogen and oxygen atoms in total. The van der Waals surface area contributed by atoms with Gasteiger partial charge in [0.15, 0.2) is 9.84 Å². The minimum absolute atomic E-state index is 0.188. The monoisotopic (exact) mass is 487 g/mol. The third-order valence-electron chi connectivity index (χ3n) is 6.83. The number of nitrogens with zero attached hydrogens (tertiary/aromatic N) is 5. The molecule has 0 aliphatic carbocycles. The summed E-state index contributed by atoms with van der Waals surface area (Å²) in [5, 5.41) is 8.79. The molecule has 2 aromatic rings. The van der Waals surface area contributed by atoms with Gasteiger partial charge in [-0.05, 0) is 70.1 Å². The number of rotatable bonds is 7. The molecule has 176 valence electrons. The lowest BCUT2D eigenvalue weighted by Gasteiger charge is -2.30. The highest BCUT2D eigenvalue weighted by Crippen LogP contribution is 2.33. The number of sulfone groups is 1. The molecule has 0 N–H and O–H groups in total. The molecule has 2 aliphatic heterocycles. The third-order valence-corrected chi connectivity index (χ3v) is 9.48. The summed E-state index contributed by atoms with van der Waals surface area (Å²) in [6.45, 7) is 5.86. The summed E-state index contributed by atoms with van der Waals surface area (Å²) in [5.74, 6) is 0.628. The highest BCUT2D eigenvalue weighted by atomic mass is 35.5. The van der Waals surface area contributed by atoms with Gasteiger partial charge in [-0.2, -0.15) is 5.26 Å². The van der Waals surface area contributed by atoms with E-state index in [2.05, 4.69) is 28.8 Å². The second kappa shape index (κ2) is 9.88. The average Bonchev–Trinajstić information content (AvgIpc) is 3.47. The van der Waals surface area contributed by atoms with Crippen LogP contribution in [0.25, 0.3) is 0 Å². The predicted octanol–water partition coefficient (Wildman–Crippen LogP) is 3.58. The number of likely N-dealkylation sites (tertiary alicyclic amines) is 1. The third kappa shape index (κ3) is 4.96. The van der Waals surface area contributed by atoms with Gasteiger partial charge in [0.05, 0.1) is 15.2 Å². The molecule has 0 unspecified atom stereocenters. The van der Waals surface area contributed by atoms with Crippen LogP contribution in [0.3, 0.4) is 0 Å². The van der Waals surface area contributed by atoms with Crippen LogP contribution in [-0.2, 0) is 9.84 Å². The molecule has 4 rings (SSSR count). The first-order chi connectivity index (χ1) is 15.8. The highest BCUT2D eigenvalue weighted by Gasteiger charge is 2.36. The number of hydrogen-bond acceptors (Lipinski definition) is 7. The molecule has 2 fully saturated rings. The van der Waals surface area contributed by atoms with Crippen LogP contribution >= 0.6 is 11.6 Å². The van der Waals surface area contributed by atoms with Crippen molar-refractivity contribution < 1.29 is 8.42 Å². The smallest absolute Gasteiger partial charge is 0.184 e. The lowest BCUT2D eigenvalue weighted by Crippen LogP contribution is -2.38. The van der Waals surface area contributed by atoms with Gasteiger partial charge >= 0.3 is 0 Å². The van der Waals surface area contributed by atoms with E-state index < -0.39 is 15.1 Å². The molecule has 3 heterocycles. The zero-order chi connectivity index (χ0) is 23.6. The van der Waals surface area contributed by atoms with Crippen LogP contribution in [-0.4, -0.2) is 69.4 Å². The number of anilines is 2.